The first-order valence-electron chi connectivity index (χ1n) is 7.19. The summed E-state index contributed by atoms with van der Waals surface area (Å²) in [6.45, 7) is 1.57. The van der Waals surface area contributed by atoms with Crippen LogP contribution in [0, 0.1) is 5.41 Å². The lowest BCUT2D eigenvalue weighted by Gasteiger charge is -2.18. The Hall–Kier alpha value is -2.94. The molecule has 130 valence electrons. The molecule has 0 saturated heterocycles. The predicted octanol–water partition coefficient (Wildman–Crippen LogP) is -1.11. The Morgan fingerprint density at radius 2 is 1.79 bits per heavy atom. The molecule has 1 aromatic rings. The molecule has 0 aliphatic carbocycles. The van der Waals surface area contributed by atoms with Crippen LogP contribution in [0.2, 0.25) is 0 Å². The van der Waals surface area contributed by atoms with Crippen molar-refractivity contribution in [1.82, 2.24) is 10.6 Å². The number of nitrogens with two attached hydrogens (primary N) is 2. The molecule has 0 aliphatic rings. The number of nitrogens with one attached hydrogen (secondary N) is 3. The van der Waals surface area contributed by atoms with Gasteiger partial charge in [0.2, 0.25) is 11.8 Å². The van der Waals surface area contributed by atoms with Crippen molar-refractivity contribution in [3.63, 3.8) is 0 Å². The largest absolute Gasteiger partial charge is 0.481 e. The first kappa shape index (κ1) is 19.1. The molecule has 0 heterocycles. The number of benzene rings is 1. The van der Waals surface area contributed by atoms with Crippen LogP contribution in [0.5, 0.6) is 0 Å². The number of hydrogen-bond acceptors (Lipinski definition) is 5. The molecular formula is C15H21N5O4. The molecule has 0 radical (unpaired) electrons. The van der Waals surface area contributed by atoms with E-state index < -0.39 is 36.3 Å². The minimum Gasteiger partial charge on any atom is -0.481 e. The maximum atomic E-state index is 12.1. The minimum absolute atomic E-state index is 0.0641. The van der Waals surface area contributed by atoms with E-state index in [1.165, 1.54) is 6.92 Å². The predicted molar refractivity (Wildman–Crippen MR) is 87.1 cm³/mol. The zero-order chi connectivity index (χ0) is 18.3. The number of carbonyl (C=O) groups excluding carboxylic acids is 2. The lowest BCUT2D eigenvalue weighted by molar-refractivity contribution is -0.140. The van der Waals surface area contributed by atoms with Crippen molar-refractivity contribution >= 4 is 23.6 Å². The number of hydrogen-bond donors (Lipinski definition) is 6. The second-order valence-electron chi connectivity index (χ2n) is 5.28. The molecule has 0 fully saturated rings. The number of nitrogen functional groups attached to an aromatic ring is 1. The lowest BCUT2D eigenvalue weighted by atomic mass is 10.1. The van der Waals surface area contributed by atoms with Crippen molar-refractivity contribution in [2.45, 2.75) is 32.0 Å². The van der Waals surface area contributed by atoms with Gasteiger partial charge in [-0.1, -0.05) is 24.3 Å². The summed E-state index contributed by atoms with van der Waals surface area (Å²) >= 11 is 0. The van der Waals surface area contributed by atoms with Gasteiger partial charge in [-0.05, 0) is 12.5 Å². The molecule has 1 rings (SSSR count). The van der Waals surface area contributed by atoms with Gasteiger partial charge in [-0.3, -0.25) is 19.8 Å². The normalized spacial score (nSPS) is 12.8. The number of amides is 2. The number of carboxylic acid groups (broad SMARTS) is 1. The Morgan fingerprint density at radius 3 is 2.25 bits per heavy atom. The van der Waals surface area contributed by atoms with Gasteiger partial charge in [0.15, 0.2) is 0 Å². The molecule has 2 amide bonds. The summed E-state index contributed by atoms with van der Waals surface area (Å²) < 4.78 is 0. The third-order valence-electron chi connectivity index (χ3n) is 3.16. The van der Waals surface area contributed by atoms with Crippen LogP contribution in [0.15, 0.2) is 24.3 Å². The van der Waals surface area contributed by atoms with Crippen LogP contribution in [0.1, 0.15) is 24.5 Å². The first-order valence-corrected chi connectivity index (χ1v) is 7.19. The molecule has 0 unspecified atom stereocenters. The summed E-state index contributed by atoms with van der Waals surface area (Å²) in [7, 11) is 0. The van der Waals surface area contributed by atoms with Gasteiger partial charge >= 0.3 is 5.97 Å². The fourth-order valence-electron chi connectivity index (χ4n) is 1.80. The SMILES string of the molecule is C[C@@H](N)C(=O)N[C@@H](CC(=O)O)C(=O)NCc1ccc(C(=N)N)cc1. The van der Waals surface area contributed by atoms with Gasteiger partial charge in [-0.2, -0.15) is 0 Å². The van der Waals surface area contributed by atoms with E-state index in [1.54, 1.807) is 24.3 Å². The van der Waals surface area contributed by atoms with E-state index in [4.69, 9.17) is 22.0 Å². The van der Waals surface area contributed by atoms with Crippen LogP contribution >= 0.6 is 0 Å². The second kappa shape index (κ2) is 8.63. The Balaban J connectivity index is 2.68. The van der Waals surface area contributed by atoms with Crippen molar-refractivity contribution in [1.29, 1.82) is 5.41 Å². The van der Waals surface area contributed by atoms with E-state index in [9.17, 15) is 14.4 Å². The van der Waals surface area contributed by atoms with Crippen LogP contribution in [-0.4, -0.2) is 40.8 Å². The third kappa shape index (κ3) is 6.05. The number of aliphatic carboxylic acids is 1. The monoisotopic (exact) mass is 335 g/mol. The average molecular weight is 335 g/mol. The van der Waals surface area contributed by atoms with E-state index in [2.05, 4.69) is 10.6 Å². The highest BCUT2D eigenvalue weighted by atomic mass is 16.4. The maximum absolute atomic E-state index is 12.1. The molecule has 0 spiro atoms. The minimum atomic E-state index is -1.22. The molecule has 9 nitrogen and oxygen atoms in total. The topological polar surface area (TPSA) is 171 Å². The van der Waals surface area contributed by atoms with Crippen molar-refractivity contribution in [3.8, 4) is 0 Å². The molecule has 8 N–H and O–H groups in total. The molecule has 0 aromatic heterocycles. The van der Waals surface area contributed by atoms with Crippen molar-refractivity contribution in [2.75, 3.05) is 0 Å². The number of amidine groups is 1. The fraction of sp³-hybridized carbons (Fsp3) is 0.333. The summed E-state index contributed by atoms with van der Waals surface area (Å²) in [5.74, 6) is -2.51. The van der Waals surface area contributed by atoms with Crippen molar-refractivity contribution in [2.24, 2.45) is 11.5 Å². The van der Waals surface area contributed by atoms with Gasteiger partial charge in [-0.25, -0.2) is 0 Å². The molecule has 24 heavy (non-hydrogen) atoms. The van der Waals surface area contributed by atoms with Gasteiger partial charge in [0.25, 0.3) is 0 Å². The van der Waals surface area contributed by atoms with Gasteiger partial charge in [-0.15, -0.1) is 0 Å². The summed E-state index contributed by atoms with van der Waals surface area (Å²) in [6.07, 6.45) is -0.548. The van der Waals surface area contributed by atoms with Crippen molar-refractivity contribution < 1.29 is 19.5 Å². The van der Waals surface area contributed by atoms with E-state index in [0.717, 1.165) is 5.56 Å². The highest BCUT2D eigenvalue weighted by Gasteiger charge is 2.24. The first-order chi connectivity index (χ1) is 11.2. The molecular weight excluding hydrogens is 314 g/mol. The third-order valence-corrected chi connectivity index (χ3v) is 3.16. The molecule has 0 aliphatic heterocycles. The zero-order valence-corrected chi connectivity index (χ0v) is 13.2. The number of carboxylic acids is 1. The summed E-state index contributed by atoms with van der Waals surface area (Å²) in [5, 5.41) is 21.0. The quantitative estimate of drug-likeness (QED) is 0.260. The molecule has 0 bridgehead atoms. The molecule has 1 aromatic carbocycles. The van der Waals surface area contributed by atoms with E-state index in [1.807, 2.05) is 0 Å². The van der Waals surface area contributed by atoms with Crippen LogP contribution in [0.25, 0.3) is 0 Å². The number of carbonyl (C=O) groups is 3. The van der Waals surface area contributed by atoms with Gasteiger partial charge in [0, 0.05) is 12.1 Å². The standard InChI is InChI=1S/C15H21N5O4/c1-8(16)14(23)20-11(6-12(21)22)15(24)19-7-9-2-4-10(5-3-9)13(17)18/h2-5,8,11H,6-7,16H2,1H3,(H3,17,18)(H,19,24)(H,20,23)(H,21,22)/t8-,11+/m1/s1. The highest BCUT2D eigenvalue weighted by Crippen LogP contribution is 2.04. The van der Waals surface area contributed by atoms with Crippen LogP contribution < -0.4 is 22.1 Å². The fourth-order valence-corrected chi connectivity index (χ4v) is 1.80. The Labute approximate surface area is 138 Å². The summed E-state index contributed by atoms with van der Waals surface area (Å²) in [4.78, 5) is 34.5. The maximum Gasteiger partial charge on any atom is 0.305 e. The van der Waals surface area contributed by atoms with E-state index in [0.29, 0.717) is 5.56 Å². The Bertz CT molecular complexity index is 627. The Kier molecular flexibility index (Phi) is 6.87. The lowest BCUT2D eigenvalue weighted by Crippen LogP contribution is -2.51. The molecule has 0 saturated carbocycles. The smallest absolute Gasteiger partial charge is 0.305 e. The highest BCUT2D eigenvalue weighted by molar-refractivity contribution is 5.95. The number of rotatable bonds is 8. The molecule has 9 heteroatoms. The average Bonchev–Trinajstić information content (AvgIpc) is 2.51. The van der Waals surface area contributed by atoms with Crippen LogP contribution in [0.3, 0.4) is 0 Å². The molecule has 2 atom stereocenters. The zero-order valence-electron chi connectivity index (χ0n) is 13.2. The van der Waals surface area contributed by atoms with Gasteiger partial charge < -0.3 is 27.2 Å². The second-order valence-corrected chi connectivity index (χ2v) is 5.28. The Morgan fingerprint density at radius 1 is 1.21 bits per heavy atom. The van der Waals surface area contributed by atoms with E-state index in [-0.39, 0.29) is 12.4 Å². The van der Waals surface area contributed by atoms with Crippen LogP contribution in [0.4, 0.5) is 0 Å². The van der Waals surface area contributed by atoms with Gasteiger partial charge in [0.05, 0.1) is 12.5 Å². The van der Waals surface area contributed by atoms with Crippen molar-refractivity contribution in [3.05, 3.63) is 35.4 Å². The van der Waals surface area contributed by atoms with Gasteiger partial charge in [0.1, 0.15) is 11.9 Å². The summed E-state index contributed by atoms with van der Waals surface area (Å²) in [5.41, 5.74) is 12.0. The van der Waals surface area contributed by atoms with Crippen LogP contribution in [-0.2, 0) is 20.9 Å². The van der Waals surface area contributed by atoms with E-state index >= 15 is 0 Å². The summed E-state index contributed by atoms with van der Waals surface area (Å²) in [6, 6.07) is 4.58.